The first kappa shape index (κ1) is 36.6. The summed E-state index contributed by atoms with van der Waals surface area (Å²) in [6.07, 6.45) is -20.6. The summed E-state index contributed by atoms with van der Waals surface area (Å²) in [5.41, 5.74) is 11.8. The second-order valence-corrected chi connectivity index (χ2v) is 12.1. The van der Waals surface area contributed by atoms with E-state index in [4.69, 9.17) is 28.4 Å². The van der Waals surface area contributed by atoms with Gasteiger partial charge >= 0.3 is 0 Å². The average Bonchev–Trinajstić information content (AvgIpc) is 3.30. The first-order chi connectivity index (χ1) is 21.2. The van der Waals surface area contributed by atoms with Gasteiger partial charge < -0.3 is 96.9 Å². The molecule has 4 fully saturated rings. The van der Waals surface area contributed by atoms with Crippen molar-refractivity contribution in [3.05, 3.63) is 0 Å². The topological polar surface area (TPSA) is 349 Å². The third kappa shape index (κ3) is 7.58. The number of hydrogen-bond donors (Lipinski definition) is 13. The maximum atomic E-state index is 11.8. The second-order valence-electron chi connectivity index (χ2n) is 12.1. The van der Waals surface area contributed by atoms with Crippen LogP contribution in [0.1, 0.15) is 13.3 Å². The van der Waals surface area contributed by atoms with Crippen molar-refractivity contribution in [3.8, 4) is 0 Å². The Hall–Kier alpha value is -1.25. The molecule has 0 unspecified atom stereocenters. The van der Waals surface area contributed by atoms with Crippen molar-refractivity contribution >= 4 is 5.91 Å². The Morgan fingerprint density at radius 2 is 1.16 bits per heavy atom. The highest BCUT2D eigenvalue weighted by Crippen LogP contribution is 2.34. The Labute approximate surface area is 257 Å². The zero-order valence-electron chi connectivity index (χ0n) is 24.8. The summed E-state index contributed by atoms with van der Waals surface area (Å²) in [6.45, 7) is -0.874. The van der Waals surface area contributed by atoms with Crippen molar-refractivity contribution in [2.45, 2.75) is 130 Å². The molecule has 3 heterocycles. The lowest BCUT2D eigenvalue weighted by Crippen LogP contribution is -2.84. The smallest absolute Gasteiger partial charge is 0.217 e. The van der Waals surface area contributed by atoms with Gasteiger partial charge in [-0.3, -0.25) is 4.79 Å². The molecule has 0 aromatic heterocycles. The molecular weight excluding hydrogens is 612 g/mol. The number of aliphatic hydroxyl groups is 9. The predicted molar refractivity (Wildman–Crippen MR) is 140 cm³/mol. The van der Waals surface area contributed by atoms with E-state index in [-0.39, 0.29) is 6.42 Å². The van der Waals surface area contributed by atoms with Crippen molar-refractivity contribution in [1.82, 2.24) is 5.32 Å². The summed E-state index contributed by atoms with van der Waals surface area (Å²) in [4.78, 5) is 11.8. The van der Waals surface area contributed by atoms with Gasteiger partial charge in [-0.1, -0.05) is 0 Å². The molecule has 19 N–H and O–H groups in total. The molecule has 3 saturated heterocycles. The summed E-state index contributed by atoms with van der Waals surface area (Å²) in [5, 5.41) is 95.5. The summed E-state index contributed by atoms with van der Waals surface area (Å²) < 4.78 is 34.9. The van der Waals surface area contributed by atoms with Crippen molar-refractivity contribution in [1.29, 1.82) is 0 Å². The molecule has 4 aliphatic rings. The fourth-order valence-electron chi connectivity index (χ4n) is 6.20. The van der Waals surface area contributed by atoms with Crippen molar-refractivity contribution in [2.75, 3.05) is 19.8 Å². The fraction of sp³-hybridized carbons (Fsp3) is 0.960. The highest BCUT2D eigenvalue weighted by atomic mass is 16.8. The zero-order valence-corrected chi connectivity index (χ0v) is 24.8. The van der Waals surface area contributed by atoms with Gasteiger partial charge in [-0.15, -0.1) is 0 Å². The maximum absolute atomic E-state index is 11.8. The van der Waals surface area contributed by atoms with Crippen LogP contribution >= 0.6 is 0 Å². The molecule has 0 bridgehead atoms. The van der Waals surface area contributed by atoms with E-state index in [0.29, 0.717) is 0 Å². The van der Waals surface area contributed by atoms with E-state index in [9.17, 15) is 50.8 Å². The largest absolute Gasteiger partial charge is 0.394 e. The van der Waals surface area contributed by atoms with Crippen LogP contribution in [0.5, 0.6) is 0 Å². The van der Waals surface area contributed by atoms with Gasteiger partial charge in [0, 0.05) is 6.92 Å². The molecule has 4 rings (SSSR count). The summed E-state index contributed by atoms with van der Waals surface area (Å²) >= 11 is 0. The Morgan fingerprint density at radius 1 is 0.644 bits per heavy atom. The van der Waals surface area contributed by atoms with Gasteiger partial charge in [0.05, 0.1) is 26.2 Å². The molecule has 262 valence electrons. The number of carbonyl (C=O) groups excluding carboxylic acids is 1. The zero-order chi connectivity index (χ0) is 33.3. The molecule has 45 heavy (non-hydrogen) atoms. The van der Waals surface area contributed by atoms with Crippen LogP contribution in [0.2, 0.25) is 0 Å². The minimum atomic E-state index is -1.66. The van der Waals surface area contributed by atoms with E-state index < -0.39 is 142 Å². The molecule has 19 atom stereocenters. The molecule has 1 saturated carbocycles. The van der Waals surface area contributed by atoms with Crippen LogP contribution in [0.25, 0.3) is 0 Å². The van der Waals surface area contributed by atoms with Crippen molar-refractivity contribution in [2.24, 2.45) is 0 Å². The summed E-state index contributed by atoms with van der Waals surface area (Å²) in [7, 11) is 0. The molecule has 0 aromatic rings. The number of carbonyl (C=O) groups is 1. The molecule has 0 radical (unpaired) electrons. The third-order valence-corrected chi connectivity index (χ3v) is 8.82. The minimum absolute atomic E-state index is 0.275. The standard InChI is InChI=1S/C25H46N4O16/c1-6(33)29-13-18(38)16(36)10(4-31)41-24(13)44-21-11(5-32)42-25(19(21)39)45-22-14(34)7(26)2-8(27)20(22)43-23-12(28)17(37)15(35)9(3-30)40-23/h7-25,30-32,34-39H,2-5,26-28H2,1H3,(H,29,33)/p+3/t7-,8+,9-,10-,11-,12-,13-,14+,15-,16-,17-,18-,19-,20-,21-,22-,23-,24-,25+/m1/s1. The second kappa shape index (κ2) is 15.3. The van der Waals surface area contributed by atoms with Gasteiger partial charge in [0.1, 0.15) is 91.4 Å². The predicted octanol–water partition coefficient (Wildman–Crippen LogP) is -10.8. The summed E-state index contributed by atoms with van der Waals surface area (Å²) in [6, 6.07) is -3.54. The third-order valence-electron chi connectivity index (χ3n) is 8.82. The van der Waals surface area contributed by atoms with Crippen LogP contribution in [-0.2, 0) is 33.2 Å². The number of aliphatic hydroxyl groups excluding tert-OH is 9. The number of hydrogen-bond acceptors (Lipinski definition) is 16. The van der Waals surface area contributed by atoms with E-state index in [2.05, 4.69) is 22.5 Å². The first-order valence-electron chi connectivity index (χ1n) is 14.8. The molecule has 1 aliphatic carbocycles. The number of amides is 1. The van der Waals surface area contributed by atoms with E-state index >= 15 is 0 Å². The number of quaternary nitrogens is 3. The summed E-state index contributed by atoms with van der Waals surface area (Å²) in [5.74, 6) is -0.601. The lowest BCUT2D eigenvalue weighted by atomic mass is 9.84. The average molecular weight is 662 g/mol. The minimum Gasteiger partial charge on any atom is -0.394 e. The molecule has 3 aliphatic heterocycles. The monoisotopic (exact) mass is 661 g/mol. The van der Waals surface area contributed by atoms with Crippen LogP contribution in [0.4, 0.5) is 0 Å². The van der Waals surface area contributed by atoms with E-state index in [1.807, 2.05) is 0 Å². The Kier molecular flexibility index (Phi) is 12.5. The van der Waals surface area contributed by atoms with Gasteiger partial charge in [-0.2, -0.15) is 0 Å². The van der Waals surface area contributed by atoms with Gasteiger partial charge in [0.15, 0.2) is 18.6 Å². The lowest BCUT2D eigenvalue weighted by molar-refractivity contribution is -0.533. The van der Waals surface area contributed by atoms with Crippen LogP contribution in [-0.4, -0.2) is 188 Å². The van der Waals surface area contributed by atoms with E-state index in [1.54, 1.807) is 0 Å². The Bertz CT molecular complexity index is 972. The quantitative estimate of drug-likeness (QED) is 0.103. The van der Waals surface area contributed by atoms with Crippen molar-refractivity contribution < 1.29 is 96.4 Å². The van der Waals surface area contributed by atoms with E-state index in [0.717, 1.165) is 6.92 Å². The highest BCUT2D eigenvalue weighted by molar-refractivity contribution is 5.73. The van der Waals surface area contributed by atoms with E-state index in [1.165, 1.54) is 0 Å². The lowest BCUT2D eigenvalue weighted by Gasteiger charge is -2.44. The van der Waals surface area contributed by atoms with Gasteiger partial charge in [-0.05, 0) is 0 Å². The van der Waals surface area contributed by atoms with Gasteiger partial charge in [-0.25, -0.2) is 0 Å². The van der Waals surface area contributed by atoms with Crippen LogP contribution in [0, 0.1) is 0 Å². The molecule has 20 nitrogen and oxygen atoms in total. The Balaban J connectivity index is 1.52. The maximum Gasteiger partial charge on any atom is 0.217 e. The SMILES string of the molecule is CC(=O)N[C@H]1[C@@H](O[C@H]2[C@@H](O)[C@H](O[C@@H]3[C@@H](O)[C@H]([NH3+])C[C@H]([NH3+])[C@H]3O[C@H]3O[C@H](CO)[C@@H](O)[C@H](O)[C@H]3[NH3+])O[C@@H]2CO)O[C@H](CO)[C@@H](O)[C@@H]1O. The Morgan fingerprint density at radius 3 is 1.73 bits per heavy atom. The number of nitrogens with one attached hydrogen (secondary N) is 1. The van der Waals surface area contributed by atoms with Crippen LogP contribution < -0.4 is 22.5 Å². The van der Waals surface area contributed by atoms with Gasteiger partial charge in [0.25, 0.3) is 0 Å². The van der Waals surface area contributed by atoms with Crippen LogP contribution in [0.15, 0.2) is 0 Å². The number of ether oxygens (including phenoxy) is 6. The fourth-order valence-corrected chi connectivity index (χ4v) is 6.20. The van der Waals surface area contributed by atoms with Crippen molar-refractivity contribution in [3.63, 3.8) is 0 Å². The molecule has 0 aromatic carbocycles. The van der Waals surface area contributed by atoms with Crippen LogP contribution in [0.3, 0.4) is 0 Å². The highest BCUT2D eigenvalue weighted by Gasteiger charge is 2.56. The molecule has 20 heteroatoms. The molecular formula is C25H49N4O16+3. The first-order valence-corrected chi connectivity index (χ1v) is 14.8. The van der Waals surface area contributed by atoms with Gasteiger partial charge in [0.2, 0.25) is 12.2 Å². The molecule has 1 amide bonds. The normalized spacial score (nSPS) is 50.8. The molecule has 0 spiro atoms. The number of rotatable bonds is 10.